The van der Waals surface area contributed by atoms with Crippen molar-refractivity contribution in [1.82, 2.24) is 24.9 Å². The molecule has 4 heterocycles. The average Bonchev–Trinajstić information content (AvgIpc) is 3.18. The smallest absolute Gasteiger partial charge is 0.241 e. The van der Waals surface area contributed by atoms with E-state index < -0.39 is 0 Å². The summed E-state index contributed by atoms with van der Waals surface area (Å²) in [5, 5.41) is 17.5. The van der Waals surface area contributed by atoms with Crippen LogP contribution in [0.5, 0.6) is 0 Å². The summed E-state index contributed by atoms with van der Waals surface area (Å²) in [5.41, 5.74) is 3.36. The molecule has 2 fully saturated rings. The van der Waals surface area contributed by atoms with Gasteiger partial charge in [0.1, 0.15) is 0 Å². The highest BCUT2D eigenvalue weighted by Gasteiger charge is 2.24. The summed E-state index contributed by atoms with van der Waals surface area (Å²) in [6.45, 7) is 6.62. The van der Waals surface area contributed by atoms with Gasteiger partial charge < -0.3 is 26.0 Å². The number of hydrogen-bond donors (Lipinski definition) is 4. The molecule has 1 aromatic carbocycles. The van der Waals surface area contributed by atoms with E-state index in [1.807, 2.05) is 30.5 Å². The topological polar surface area (TPSA) is 118 Å². The van der Waals surface area contributed by atoms with Gasteiger partial charge in [-0.25, -0.2) is 0 Å². The van der Waals surface area contributed by atoms with Gasteiger partial charge >= 0.3 is 0 Å². The van der Waals surface area contributed by atoms with E-state index in [-0.39, 0.29) is 23.9 Å². The predicted octanol–water partition coefficient (Wildman–Crippen LogP) is 2.88. The molecule has 0 aliphatic carbocycles. The Balaban J connectivity index is 1.42. The van der Waals surface area contributed by atoms with Crippen molar-refractivity contribution < 1.29 is 9.53 Å². The Morgan fingerprint density at radius 3 is 2.70 bits per heavy atom. The number of amides is 1. The van der Waals surface area contributed by atoms with E-state index in [0.29, 0.717) is 11.9 Å². The Morgan fingerprint density at radius 2 is 1.97 bits per heavy atom. The van der Waals surface area contributed by atoms with Gasteiger partial charge in [0.15, 0.2) is 5.65 Å². The van der Waals surface area contributed by atoms with Crippen LogP contribution in [-0.4, -0.2) is 57.3 Å². The normalized spacial score (nSPS) is 18.8. The molecule has 2 aliphatic heterocycles. The third-order valence-electron chi connectivity index (χ3n) is 6.10. The molecule has 0 bridgehead atoms. The lowest BCUT2D eigenvalue weighted by atomic mass is 10.1. The van der Waals surface area contributed by atoms with Crippen LogP contribution in [-0.2, 0) is 9.53 Å². The summed E-state index contributed by atoms with van der Waals surface area (Å²) >= 11 is 0. The maximum Gasteiger partial charge on any atom is 0.241 e. The molecule has 1 atom stereocenters. The summed E-state index contributed by atoms with van der Waals surface area (Å²) in [4.78, 5) is 21.8. The van der Waals surface area contributed by atoms with Gasteiger partial charge in [0.25, 0.3) is 0 Å². The van der Waals surface area contributed by atoms with Crippen molar-refractivity contribution in [2.24, 2.45) is 0 Å². The Labute approximate surface area is 192 Å². The summed E-state index contributed by atoms with van der Waals surface area (Å²) in [5.74, 6) is 1.39. The van der Waals surface area contributed by atoms with Gasteiger partial charge in [-0.1, -0.05) is 19.9 Å². The predicted molar refractivity (Wildman–Crippen MR) is 127 cm³/mol. The number of aromatic nitrogens is 4. The molecule has 2 aromatic heterocycles. The molecule has 2 saturated heterocycles. The van der Waals surface area contributed by atoms with Crippen LogP contribution in [0.1, 0.15) is 44.6 Å². The first-order valence-electron chi connectivity index (χ1n) is 11.6. The zero-order valence-corrected chi connectivity index (χ0v) is 19.0. The van der Waals surface area contributed by atoms with Crippen LogP contribution < -0.4 is 21.3 Å². The number of fused-ring (bicyclic) bond motifs is 1. The SMILES string of the molecule is CC(C)c1cnn2c(Nc3cccc(NC(=O)C4CCN4)c3)nc(NC3CCOCC3)nc12. The lowest BCUT2D eigenvalue weighted by Gasteiger charge is -2.26. The summed E-state index contributed by atoms with van der Waals surface area (Å²) in [7, 11) is 0. The van der Waals surface area contributed by atoms with Crippen LogP contribution in [0.2, 0.25) is 0 Å². The highest BCUT2D eigenvalue weighted by molar-refractivity contribution is 5.95. The molecular weight excluding hydrogens is 420 g/mol. The van der Waals surface area contributed by atoms with Crippen LogP contribution in [0.25, 0.3) is 5.65 Å². The fourth-order valence-electron chi connectivity index (χ4n) is 4.02. The van der Waals surface area contributed by atoms with Crippen molar-refractivity contribution in [3.05, 3.63) is 36.0 Å². The number of carbonyl (C=O) groups is 1. The molecule has 1 unspecified atom stereocenters. The molecule has 4 N–H and O–H groups in total. The Bertz CT molecular complexity index is 1130. The Morgan fingerprint density at radius 1 is 1.18 bits per heavy atom. The number of carbonyl (C=O) groups excluding carboxylic acids is 1. The van der Waals surface area contributed by atoms with E-state index in [1.165, 1.54) is 0 Å². The second-order valence-electron chi connectivity index (χ2n) is 8.88. The van der Waals surface area contributed by atoms with Crippen LogP contribution >= 0.6 is 0 Å². The number of hydrogen-bond acceptors (Lipinski definition) is 8. The number of benzene rings is 1. The molecule has 0 spiro atoms. The average molecular weight is 451 g/mol. The minimum absolute atomic E-state index is 0.0144. The Kier molecular flexibility index (Phi) is 6.10. The second kappa shape index (κ2) is 9.32. The van der Waals surface area contributed by atoms with Crippen molar-refractivity contribution in [1.29, 1.82) is 0 Å². The maximum absolute atomic E-state index is 12.3. The largest absolute Gasteiger partial charge is 0.381 e. The number of nitrogens with one attached hydrogen (secondary N) is 4. The number of ether oxygens (including phenoxy) is 1. The lowest BCUT2D eigenvalue weighted by Crippen LogP contribution is -2.50. The fraction of sp³-hybridized carbons (Fsp3) is 0.478. The third kappa shape index (κ3) is 4.76. The molecule has 174 valence electrons. The fourth-order valence-corrected chi connectivity index (χ4v) is 4.02. The van der Waals surface area contributed by atoms with E-state index in [0.717, 1.165) is 61.6 Å². The molecule has 0 radical (unpaired) electrons. The van der Waals surface area contributed by atoms with Gasteiger partial charge in [-0.2, -0.15) is 19.6 Å². The van der Waals surface area contributed by atoms with Crippen molar-refractivity contribution >= 4 is 34.8 Å². The van der Waals surface area contributed by atoms with Crippen LogP contribution in [0, 0.1) is 0 Å². The van der Waals surface area contributed by atoms with Gasteiger partial charge in [0.05, 0.1) is 12.2 Å². The molecule has 10 nitrogen and oxygen atoms in total. The molecule has 33 heavy (non-hydrogen) atoms. The first-order chi connectivity index (χ1) is 16.1. The van der Waals surface area contributed by atoms with Crippen molar-refractivity contribution in [3.63, 3.8) is 0 Å². The molecule has 0 saturated carbocycles. The van der Waals surface area contributed by atoms with Gasteiger partial charge in [-0.15, -0.1) is 0 Å². The molecule has 5 rings (SSSR count). The number of nitrogens with zero attached hydrogens (tertiary/aromatic N) is 4. The summed E-state index contributed by atoms with van der Waals surface area (Å²) in [6.07, 6.45) is 4.56. The molecule has 2 aliphatic rings. The van der Waals surface area contributed by atoms with Crippen molar-refractivity contribution in [3.8, 4) is 0 Å². The summed E-state index contributed by atoms with van der Waals surface area (Å²) < 4.78 is 7.20. The zero-order valence-electron chi connectivity index (χ0n) is 19.0. The van der Waals surface area contributed by atoms with E-state index >= 15 is 0 Å². The van der Waals surface area contributed by atoms with Crippen molar-refractivity contribution in [2.75, 3.05) is 35.7 Å². The Hall–Kier alpha value is -3.24. The van der Waals surface area contributed by atoms with Crippen LogP contribution in [0.3, 0.4) is 0 Å². The van der Waals surface area contributed by atoms with Crippen LogP contribution in [0.4, 0.5) is 23.3 Å². The minimum atomic E-state index is -0.111. The van der Waals surface area contributed by atoms with E-state index in [9.17, 15) is 4.79 Å². The first-order valence-corrected chi connectivity index (χ1v) is 11.6. The second-order valence-corrected chi connectivity index (χ2v) is 8.88. The zero-order chi connectivity index (χ0) is 22.8. The van der Waals surface area contributed by atoms with E-state index in [1.54, 1.807) is 4.52 Å². The van der Waals surface area contributed by atoms with Gasteiger partial charge in [-0.05, 0) is 49.9 Å². The minimum Gasteiger partial charge on any atom is -0.381 e. The van der Waals surface area contributed by atoms with Gasteiger partial charge in [0, 0.05) is 36.2 Å². The number of rotatable bonds is 7. The molecule has 10 heteroatoms. The molecular formula is C23H30N8O2. The van der Waals surface area contributed by atoms with Gasteiger partial charge in [0.2, 0.25) is 17.8 Å². The first kappa shape index (κ1) is 21.6. The summed E-state index contributed by atoms with van der Waals surface area (Å²) in [6, 6.07) is 7.76. The molecule has 1 amide bonds. The van der Waals surface area contributed by atoms with Crippen molar-refractivity contribution in [2.45, 2.75) is 51.1 Å². The monoisotopic (exact) mass is 450 g/mol. The lowest BCUT2D eigenvalue weighted by molar-refractivity contribution is -0.119. The maximum atomic E-state index is 12.3. The highest BCUT2D eigenvalue weighted by atomic mass is 16.5. The number of anilines is 4. The third-order valence-corrected chi connectivity index (χ3v) is 6.10. The molecule has 3 aromatic rings. The van der Waals surface area contributed by atoms with E-state index in [2.05, 4.69) is 40.2 Å². The van der Waals surface area contributed by atoms with E-state index in [4.69, 9.17) is 14.7 Å². The standard InChI is InChI=1S/C23H30N8O2/c1-14(2)18-13-25-31-20(18)29-22(27-15-7-10-33-11-8-15)30-23(31)28-17-5-3-4-16(12-17)26-21(32)19-6-9-24-19/h3-5,12-15,19,24H,6-11H2,1-2H3,(H,26,32)(H2,27,28,29,30). The van der Waals surface area contributed by atoms with Crippen LogP contribution in [0.15, 0.2) is 30.5 Å². The quantitative estimate of drug-likeness (QED) is 0.434. The van der Waals surface area contributed by atoms with Gasteiger partial charge in [-0.3, -0.25) is 4.79 Å². The highest BCUT2D eigenvalue weighted by Crippen LogP contribution is 2.25.